The van der Waals surface area contributed by atoms with E-state index in [1.54, 1.807) is 0 Å². The lowest BCUT2D eigenvalue weighted by atomic mass is 9.95. The third-order valence-corrected chi connectivity index (χ3v) is 5.63. The molecule has 1 aliphatic heterocycles. The molecule has 0 unspecified atom stereocenters. The number of piperidine rings is 1. The van der Waals surface area contributed by atoms with E-state index in [1.807, 2.05) is 36.4 Å². The van der Waals surface area contributed by atoms with Gasteiger partial charge in [-0.15, -0.1) is 0 Å². The van der Waals surface area contributed by atoms with Crippen LogP contribution in [0, 0.1) is 19.8 Å². The molecule has 1 amide bonds. The van der Waals surface area contributed by atoms with Crippen molar-refractivity contribution in [3.63, 3.8) is 0 Å². The smallest absolute Gasteiger partial charge is 0.223 e. The summed E-state index contributed by atoms with van der Waals surface area (Å²) >= 11 is 0. The zero-order valence-corrected chi connectivity index (χ0v) is 17.1. The number of amides is 1. The summed E-state index contributed by atoms with van der Waals surface area (Å²) in [7, 11) is 0. The Morgan fingerprint density at radius 2 is 1.82 bits per heavy atom. The van der Waals surface area contributed by atoms with Crippen LogP contribution in [0.1, 0.15) is 36.0 Å². The molecule has 3 rings (SSSR count). The van der Waals surface area contributed by atoms with E-state index in [0.29, 0.717) is 6.54 Å². The molecular formula is C24H32N2O2. The van der Waals surface area contributed by atoms with E-state index in [4.69, 9.17) is 4.74 Å². The van der Waals surface area contributed by atoms with Gasteiger partial charge in [0.15, 0.2) is 0 Å². The molecule has 0 atom stereocenters. The van der Waals surface area contributed by atoms with E-state index in [1.165, 1.54) is 11.1 Å². The quantitative estimate of drug-likeness (QED) is 0.701. The first kappa shape index (κ1) is 20.4. The maximum absolute atomic E-state index is 12.4. The summed E-state index contributed by atoms with van der Waals surface area (Å²) in [6.07, 6.45) is 2.90. The summed E-state index contributed by atoms with van der Waals surface area (Å²) in [4.78, 5) is 14.8. The first-order chi connectivity index (χ1) is 13.6. The number of hydrogen-bond donors (Lipinski definition) is 1. The average molecular weight is 381 g/mol. The van der Waals surface area contributed by atoms with E-state index in [2.05, 4.69) is 36.2 Å². The van der Waals surface area contributed by atoms with Gasteiger partial charge in [0.05, 0.1) is 6.61 Å². The topological polar surface area (TPSA) is 41.6 Å². The fourth-order valence-electron chi connectivity index (χ4n) is 3.63. The molecule has 2 aromatic rings. The van der Waals surface area contributed by atoms with Crippen LogP contribution in [0.4, 0.5) is 0 Å². The van der Waals surface area contributed by atoms with Crippen LogP contribution in [0.2, 0.25) is 0 Å². The predicted octanol–water partition coefficient (Wildman–Crippen LogP) is 4.10. The van der Waals surface area contributed by atoms with E-state index in [-0.39, 0.29) is 11.8 Å². The maximum atomic E-state index is 12.4. The van der Waals surface area contributed by atoms with Gasteiger partial charge in [-0.3, -0.25) is 4.79 Å². The number of rotatable bonds is 8. The van der Waals surface area contributed by atoms with Crippen LogP contribution in [-0.2, 0) is 11.3 Å². The highest BCUT2D eigenvalue weighted by atomic mass is 16.5. The molecule has 1 heterocycles. The number of ether oxygens (including phenoxy) is 1. The van der Waals surface area contributed by atoms with E-state index < -0.39 is 0 Å². The molecule has 0 saturated carbocycles. The second-order valence-corrected chi connectivity index (χ2v) is 7.77. The minimum atomic E-state index is 0.145. The Hall–Kier alpha value is -2.33. The number of nitrogens with one attached hydrogen (secondary N) is 1. The molecule has 150 valence electrons. The number of aryl methyl sites for hydroxylation is 2. The molecular weight excluding hydrogens is 348 g/mol. The van der Waals surface area contributed by atoms with Crippen LogP contribution in [0.15, 0.2) is 48.5 Å². The fourth-order valence-corrected chi connectivity index (χ4v) is 3.63. The lowest BCUT2D eigenvalue weighted by Crippen LogP contribution is -2.40. The van der Waals surface area contributed by atoms with E-state index in [9.17, 15) is 4.79 Å². The van der Waals surface area contributed by atoms with Crippen molar-refractivity contribution in [2.24, 2.45) is 5.92 Å². The minimum absolute atomic E-state index is 0.145. The molecule has 0 bridgehead atoms. The number of hydrogen-bond acceptors (Lipinski definition) is 3. The third-order valence-electron chi connectivity index (χ3n) is 5.63. The van der Waals surface area contributed by atoms with Crippen LogP contribution < -0.4 is 10.1 Å². The second kappa shape index (κ2) is 10.3. The van der Waals surface area contributed by atoms with Crippen molar-refractivity contribution >= 4 is 5.91 Å². The highest BCUT2D eigenvalue weighted by molar-refractivity contribution is 5.78. The van der Waals surface area contributed by atoms with Gasteiger partial charge in [0.2, 0.25) is 5.91 Å². The van der Waals surface area contributed by atoms with Gasteiger partial charge in [-0.05, 0) is 75.0 Å². The highest BCUT2D eigenvalue weighted by Gasteiger charge is 2.24. The van der Waals surface area contributed by atoms with Crippen molar-refractivity contribution in [3.8, 4) is 5.75 Å². The van der Waals surface area contributed by atoms with Crippen LogP contribution in [0.25, 0.3) is 0 Å². The van der Waals surface area contributed by atoms with Crippen molar-refractivity contribution in [2.75, 3.05) is 26.2 Å². The van der Waals surface area contributed by atoms with Gasteiger partial charge in [0.25, 0.3) is 0 Å². The van der Waals surface area contributed by atoms with Crippen LogP contribution in [-0.4, -0.2) is 37.0 Å². The van der Waals surface area contributed by atoms with Gasteiger partial charge in [-0.25, -0.2) is 0 Å². The van der Waals surface area contributed by atoms with Gasteiger partial charge in [-0.2, -0.15) is 0 Å². The Balaban J connectivity index is 1.30. The lowest BCUT2D eigenvalue weighted by Gasteiger charge is -2.31. The van der Waals surface area contributed by atoms with Gasteiger partial charge >= 0.3 is 0 Å². The molecule has 1 fully saturated rings. The predicted molar refractivity (Wildman–Crippen MR) is 113 cm³/mol. The van der Waals surface area contributed by atoms with Crippen molar-refractivity contribution in [1.82, 2.24) is 10.2 Å². The minimum Gasteiger partial charge on any atom is -0.494 e. The number of carbonyl (C=O) groups excluding carboxylic acids is 1. The number of carbonyl (C=O) groups is 1. The van der Waals surface area contributed by atoms with Gasteiger partial charge in [-0.1, -0.05) is 36.4 Å². The monoisotopic (exact) mass is 380 g/mol. The summed E-state index contributed by atoms with van der Waals surface area (Å²) in [6, 6.07) is 16.3. The SMILES string of the molecule is Cc1ccc(OCCCN2CCC(C(=O)NCc3ccccc3)CC2)cc1C. The van der Waals surface area contributed by atoms with Crippen LogP contribution in [0.5, 0.6) is 5.75 Å². The third kappa shape index (κ3) is 6.10. The Labute approximate surface area is 168 Å². The Morgan fingerprint density at radius 3 is 2.54 bits per heavy atom. The summed E-state index contributed by atoms with van der Waals surface area (Å²) in [5.74, 6) is 1.30. The van der Waals surface area contributed by atoms with Crippen LogP contribution >= 0.6 is 0 Å². The molecule has 2 aromatic carbocycles. The maximum Gasteiger partial charge on any atom is 0.223 e. The number of nitrogens with zero attached hydrogens (tertiary/aromatic N) is 1. The normalized spacial score (nSPS) is 15.4. The Morgan fingerprint density at radius 1 is 1.07 bits per heavy atom. The molecule has 1 saturated heterocycles. The first-order valence-electron chi connectivity index (χ1n) is 10.4. The Bertz CT molecular complexity index is 752. The highest BCUT2D eigenvalue weighted by Crippen LogP contribution is 2.19. The van der Waals surface area contributed by atoms with Gasteiger partial charge < -0.3 is 15.0 Å². The van der Waals surface area contributed by atoms with E-state index in [0.717, 1.165) is 56.8 Å². The van der Waals surface area contributed by atoms with Crippen molar-refractivity contribution in [3.05, 3.63) is 65.2 Å². The van der Waals surface area contributed by atoms with Crippen molar-refractivity contribution in [1.29, 1.82) is 0 Å². The van der Waals surface area contributed by atoms with Crippen molar-refractivity contribution < 1.29 is 9.53 Å². The fraction of sp³-hybridized carbons (Fsp3) is 0.458. The molecule has 4 nitrogen and oxygen atoms in total. The summed E-state index contributed by atoms with van der Waals surface area (Å²) in [5.41, 5.74) is 3.71. The zero-order valence-electron chi connectivity index (χ0n) is 17.1. The van der Waals surface area contributed by atoms with Gasteiger partial charge in [0.1, 0.15) is 5.75 Å². The first-order valence-corrected chi connectivity index (χ1v) is 10.4. The average Bonchev–Trinajstić information content (AvgIpc) is 2.73. The standard InChI is InChI=1S/C24H32N2O2/c1-19-9-10-23(17-20(19)2)28-16-6-13-26-14-11-22(12-15-26)24(27)25-18-21-7-4-3-5-8-21/h3-5,7-10,17,22H,6,11-16,18H2,1-2H3,(H,25,27). The number of benzene rings is 2. The van der Waals surface area contributed by atoms with Crippen molar-refractivity contribution in [2.45, 2.75) is 39.7 Å². The molecule has 1 aliphatic rings. The Kier molecular flexibility index (Phi) is 7.49. The van der Waals surface area contributed by atoms with Gasteiger partial charge in [0, 0.05) is 19.0 Å². The molecule has 0 spiro atoms. The lowest BCUT2D eigenvalue weighted by molar-refractivity contribution is -0.126. The largest absolute Gasteiger partial charge is 0.494 e. The molecule has 4 heteroatoms. The van der Waals surface area contributed by atoms with E-state index >= 15 is 0 Å². The zero-order chi connectivity index (χ0) is 19.8. The molecule has 0 aliphatic carbocycles. The summed E-state index contributed by atoms with van der Waals surface area (Å²) in [6.45, 7) is 8.60. The molecule has 0 aromatic heterocycles. The van der Waals surface area contributed by atoms with Crippen LogP contribution in [0.3, 0.4) is 0 Å². The summed E-state index contributed by atoms with van der Waals surface area (Å²) < 4.78 is 5.88. The molecule has 28 heavy (non-hydrogen) atoms. The molecule has 0 radical (unpaired) electrons. The second-order valence-electron chi connectivity index (χ2n) is 7.77. The number of likely N-dealkylation sites (tertiary alicyclic amines) is 1. The molecule has 1 N–H and O–H groups in total. The summed E-state index contributed by atoms with van der Waals surface area (Å²) in [5, 5.41) is 3.08.